The standard InChI is InChI=1S/C21H28N4O3S/c1-6-28-16-9-7-15(8-10-16)21(4,5)22-18(27)14-11-17(26)25(12-14)20-24-23-19(29-20)13(2)3/h7-10,13-14H,6,11-12H2,1-5H3,(H,22,27). The summed E-state index contributed by atoms with van der Waals surface area (Å²) in [5, 5.41) is 12.8. The van der Waals surface area contributed by atoms with Gasteiger partial charge in [0.15, 0.2) is 0 Å². The molecule has 0 saturated carbocycles. The van der Waals surface area contributed by atoms with Gasteiger partial charge in [0.25, 0.3) is 0 Å². The van der Waals surface area contributed by atoms with Gasteiger partial charge in [-0.25, -0.2) is 0 Å². The van der Waals surface area contributed by atoms with Crippen LogP contribution in [0.5, 0.6) is 5.75 Å². The molecule has 1 fully saturated rings. The number of nitrogens with zero attached hydrogens (tertiary/aromatic N) is 3. The van der Waals surface area contributed by atoms with Crippen molar-refractivity contribution in [2.24, 2.45) is 5.92 Å². The van der Waals surface area contributed by atoms with Crippen molar-refractivity contribution < 1.29 is 14.3 Å². The van der Waals surface area contributed by atoms with Crippen LogP contribution in [-0.2, 0) is 15.1 Å². The minimum Gasteiger partial charge on any atom is -0.494 e. The Bertz CT molecular complexity index is 876. The first-order valence-corrected chi connectivity index (χ1v) is 10.7. The molecule has 0 spiro atoms. The minimum atomic E-state index is -0.564. The lowest BCUT2D eigenvalue weighted by molar-refractivity contribution is -0.127. The summed E-state index contributed by atoms with van der Waals surface area (Å²) in [6.07, 6.45) is 0.182. The fraction of sp³-hybridized carbons (Fsp3) is 0.524. The predicted octanol–water partition coefficient (Wildman–Crippen LogP) is 3.46. The number of anilines is 1. The van der Waals surface area contributed by atoms with Gasteiger partial charge in [0.1, 0.15) is 10.8 Å². The van der Waals surface area contributed by atoms with Crippen LogP contribution in [0.2, 0.25) is 0 Å². The Morgan fingerprint density at radius 3 is 2.59 bits per heavy atom. The highest BCUT2D eigenvalue weighted by Gasteiger charge is 2.38. The zero-order valence-corrected chi connectivity index (χ0v) is 18.4. The van der Waals surface area contributed by atoms with Crippen molar-refractivity contribution in [2.75, 3.05) is 18.1 Å². The topological polar surface area (TPSA) is 84.4 Å². The molecule has 156 valence electrons. The van der Waals surface area contributed by atoms with Crippen molar-refractivity contribution in [3.8, 4) is 5.75 Å². The van der Waals surface area contributed by atoms with Crippen LogP contribution < -0.4 is 15.0 Å². The van der Waals surface area contributed by atoms with E-state index in [0.29, 0.717) is 18.3 Å². The number of amides is 2. The molecule has 0 radical (unpaired) electrons. The summed E-state index contributed by atoms with van der Waals surface area (Å²) >= 11 is 1.41. The van der Waals surface area contributed by atoms with Crippen LogP contribution in [0.1, 0.15) is 57.5 Å². The number of carbonyl (C=O) groups is 2. The molecule has 1 N–H and O–H groups in total. The van der Waals surface area contributed by atoms with Gasteiger partial charge in [-0.2, -0.15) is 0 Å². The number of ether oxygens (including phenoxy) is 1. The summed E-state index contributed by atoms with van der Waals surface area (Å²) in [6, 6.07) is 7.70. The molecule has 1 unspecified atom stereocenters. The summed E-state index contributed by atoms with van der Waals surface area (Å²) in [5.41, 5.74) is 0.410. The fourth-order valence-corrected chi connectivity index (χ4v) is 4.13. The van der Waals surface area contributed by atoms with Gasteiger partial charge in [-0.05, 0) is 38.5 Å². The normalized spacial score (nSPS) is 17.1. The van der Waals surface area contributed by atoms with E-state index in [2.05, 4.69) is 15.5 Å². The van der Waals surface area contributed by atoms with E-state index in [9.17, 15) is 9.59 Å². The number of benzene rings is 1. The molecule has 1 aliphatic rings. The lowest BCUT2D eigenvalue weighted by atomic mass is 9.93. The molecule has 1 atom stereocenters. The van der Waals surface area contributed by atoms with Gasteiger partial charge in [-0.3, -0.25) is 14.5 Å². The lowest BCUT2D eigenvalue weighted by Crippen LogP contribution is -2.44. The maximum absolute atomic E-state index is 12.9. The van der Waals surface area contributed by atoms with Crippen LogP contribution in [0.4, 0.5) is 5.13 Å². The molecule has 2 aromatic rings. The largest absolute Gasteiger partial charge is 0.494 e. The van der Waals surface area contributed by atoms with E-state index in [1.54, 1.807) is 4.90 Å². The quantitative estimate of drug-likeness (QED) is 0.747. The zero-order chi connectivity index (χ0) is 21.2. The van der Waals surface area contributed by atoms with Crippen LogP contribution >= 0.6 is 11.3 Å². The Labute approximate surface area is 175 Å². The zero-order valence-electron chi connectivity index (χ0n) is 17.6. The third kappa shape index (κ3) is 4.75. The summed E-state index contributed by atoms with van der Waals surface area (Å²) in [6.45, 7) is 10.9. The van der Waals surface area contributed by atoms with E-state index in [1.165, 1.54) is 11.3 Å². The Kier molecular flexibility index (Phi) is 6.21. The Morgan fingerprint density at radius 1 is 1.31 bits per heavy atom. The van der Waals surface area contributed by atoms with E-state index < -0.39 is 11.5 Å². The maximum atomic E-state index is 12.9. The van der Waals surface area contributed by atoms with Crippen LogP contribution in [0.15, 0.2) is 24.3 Å². The molecule has 1 aliphatic heterocycles. The smallest absolute Gasteiger partial charge is 0.229 e. The van der Waals surface area contributed by atoms with E-state index in [4.69, 9.17) is 4.74 Å². The molecule has 3 rings (SSSR count). The van der Waals surface area contributed by atoms with Crippen molar-refractivity contribution in [2.45, 2.75) is 52.5 Å². The second kappa shape index (κ2) is 8.49. The average Bonchev–Trinajstić information content (AvgIpc) is 3.29. The summed E-state index contributed by atoms with van der Waals surface area (Å²) in [7, 11) is 0. The SMILES string of the molecule is CCOc1ccc(C(C)(C)NC(=O)C2CC(=O)N(c3nnc(C(C)C)s3)C2)cc1. The molecule has 7 nitrogen and oxygen atoms in total. The number of hydrogen-bond acceptors (Lipinski definition) is 6. The highest BCUT2D eigenvalue weighted by atomic mass is 32.1. The second-order valence-corrected chi connectivity index (χ2v) is 9.04. The van der Waals surface area contributed by atoms with E-state index in [-0.39, 0.29) is 24.2 Å². The van der Waals surface area contributed by atoms with Gasteiger partial charge in [0, 0.05) is 18.9 Å². The lowest BCUT2D eigenvalue weighted by Gasteiger charge is -2.28. The molecular weight excluding hydrogens is 388 g/mol. The first kappa shape index (κ1) is 21.2. The molecule has 29 heavy (non-hydrogen) atoms. The number of hydrogen-bond donors (Lipinski definition) is 1. The van der Waals surface area contributed by atoms with Crippen molar-refractivity contribution >= 4 is 28.3 Å². The Hall–Kier alpha value is -2.48. The highest BCUT2D eigenvalue weighted by Crippen LogP contribution is 2.31. The second-order valence-electron chi connectivity index (χ2n) is 8.05. The fourth-order valence-electron chi connectivity index (χ4n) is 3.25. The van der Waals surface area contributed by atoms with E-state index >= 15 is 0 Å². The number of aromatic nitrogens is 2. The molecule has 2 amide bonds. The average molecular weight is 417 g/mol. The van der Waals surface area contributed by atoms with Crippen molar-refractivity contribution in [3.63, 3.8) is 0 Å². The van der Waals surface area contributed by atoms with E-state index in [1.807, 2.05) is 58.9 Å². The molecule has 2 heterocycles. The maximum Gasteiger partial charge on any atom is 0.229 e. The van der Waals surface area contributed by atoms with Gasteiger partial charge in [-0.1, -0.05) is 37.3 Å². The third-order valence-corrected chi connectivity index (χ3v) is 6.22. The summed E-state index contributed by atoms with van der Waals surface area (Å²) < 4.78 is 5.48. The molecule has 8 heteroatoms. The summed E-state index contributed by atoms with van der Waals surface area (Å²) in [4.78, 5) is 26.9. The van der Waals surface area contributed by atoms with Crippen LogP contribution in [0.25, 0.3) is 0 Å². The highest BCUT2D eigenvalue weighted by molar-refractivity contribution is 7.15. The van der Waals surface area contributed by atoms with Crippen LogP contribution in [0.3, 0.4) is 0 Å². The van der Waals surface area contributed by atoms with Gasteiger partial charge in [0.2, 0.25) is 16.9 Å². The molecular formula is C21H28N4O3S. The Morgan fingerprint density at radius 2 is 2.00 bits per heavy atom. The predicted molar refractivity (Wildman–Crippen MR) is 113 cm³/mol. The third-order valence-electron chi connectivity index (χ3n) is 4.97. The monoisotopic (exact) mass is 416 g/mol. The first-order chi connectivity index (χ1) is 13.7. The summed E-state index contributed by atoms with van der Waals surface area (Å²) in [5.74, 6) is 0.431. The number of carbonyl (C=O) groups excluding carboxylic acids is 2. The Balaban J connectivity index is 1.66. The minimum absolute atomic E-state index is 0.0875. The van der Waals surface area contributed by atoms with Gasteiger partial charge < -0.3 is 10.1 Å². The number of rotatable bonds is 7. The van der Waals surface area contributed by atoms with E-state index in [0.717, 1.165) is 16.3 Å². The molecule has 1 aromatic carbocycles. The van der Waals surface area contributed by atoms with Crippen LogP contribution in [0, 0.1) is 5.92 Å². The van der Waals surface area contributed by atoms with Gasteiger partial charge in [-0.15, -0.1) is 10.2 Å². The van der Waals surface area contributed by atoms with Crippen molar-refractivity contribution in [1.29, 1.82) is 0 Å². The molecule has 0 aliphatic carbocycles. The van der Waals surface area contributed by atoms with Gasteiger partial charge >= 0.3 is 0 Å². The van der Waals surface area contributed by atoms with Crippen molar-refractivity contribution in [3.05, 3.63) is 34.8 Å². The first-order valence-electron chi connectivity index (χ1n) is 9.90. The van der Waals surface area contributed by atoms with Crippen LogP contribution in [-0.4, -0.2) is 35.2 Å². The molecule has 1 saturated heterocycles. The number of nitrogens with one attached hydrogen (secondary N) is 1. The molecule has 1 aromatic heterocycles. The van der Waals surface area contributed by atoms with Crippen molar-refractivity contribution in [1.82, 2.24) is 15.5 Å². The molecule has 0 bridgehead atoms. The van der Waals surface area contributed by atoms with Gasteiger partial charge in [0.05, 0.1) is 18.1 Å².